The molecule has 1 unspecified atom stereocenters. The number of ether oxygens (including phenoxy) is 2. The van der Waals surface area contributed by atoms with Crippen LogP contribution in [0.3, 0.4) is 0 Å². The van der Waals surface area contributed by atoms with Gasteiger partial charge >= 0.3 is 6.18 Å². The predicted molar refractivity (Wildman–Crippen MR) is 162 cm³/mol. The summed E-state index contributed by atoms with van der Waals surface area (Å²) in [5.41, 5.74) is 5.96. The number of halogens is 3. The fourth-order valence-electron chi connectivity index (χ4n) is 5.77. The molecule has 1 atom stereocenters. The van der Waals surface area contributed by atoms with E-state index in [4.69, 9.17) is 14.7 Å². The molecule has 0 spiro atoms. The Balaban J connectivity index is 1.33. The van der Waals surface area contributed by atoms with Crippen molar-refractivity contribution in [3.63, 3.8) is 0 Å². The van der Waals surface area contributed by atoms with Crippen molar-refractivity contribution in [1.82, 2.24) is 5.32 Å². The van der Waals surface area contributed by atoms with Crippen molar-refractivity contribution in [2.24, 2.45) is 5.41 Å². The number of nitrogens with zero attached hydrogens (tertiary/aromatic N) is 1. The summed E-state index contributed by atoms with van der Waals surface area (Å²) in [4.78, 5) is 23.3. The van der Waals surface area contributed by atoms with Crippen LogP contribution < -0.4 is 14.8 Å². The molecule has 6 nitrogen and oxygen atoms in total. The lowest BCUT2D eigenvalue weighted by Gasteiger charge is -2.37. The first kappa shape index (κ1) is 31.2. The third-order valence-corrected chi connectivity index (χ3v) is 9.20. The first-order valence-corrected chi connectivity index (χ1v) is 14.9. The quantitative estimate of drug-likeness (QED) is 0.270. The molecule has 3 aromatic carbocycles. The number of hydrogen-bond donors (Lipinski definition) is 1. The van der Waals surface area contributed by atoms with E-state index in [0.29, 0.717) is 30.4 Å². The van der Waals surface area contributed by atoms with Crippen LogP contribution in [-0.4, -0.2) is 17.8 Å². The van der Waals surface area contributed by atoms with Crippen molar-refractivity contribution in [1.29, 1.82) is 5.26 Å². The van der Waals surface area contributed by atoms with Crippen molar-refractivity contribution in [2.75, 3.05) is 6.61 Å². The summed E-state index contributed by atoms with van der Waals surface area (Å²) in [5, 5.41) is 10.6. The van der Waals surface area contributed by atoms with Crippen LogP contribution >= 0.6 is 11.8 Å². The number of rotatable bonds is 7. The lowest BCUT2D eigenvalue weighted by atomic mass is 9.70. The van der Waals surface area contributed by atoms with E-state index < -0.39 is 28.3 Å². The molecule has 0 aromatic heterocycles. The van der Waals surface area contributed by atoms with Gasteiger partial charge in [-0.25, -0.2) is 0 Å². The summed E-state index contributed by atoms with van der Waals surface area (Å²) in [6, 6.07) is 13.1. The third-order valence-electron chi connectivity index (χ3n) is 8.39. The zero-order chi connectivity index (χ0) is 31.8. The summed E-state index contributed by atoms with van der Waals surface area (Å²) in [7, 11) is 0. The van der Waals surface area contributed by atoms with Crippen LogP contribution in [0.25, 0.3) is 6.08 Å². The van der Waals surface area contributed by atoms with Crippen molar-refractivity contribution in [2.45, 2.75) is 59.7 Å². The van der Waals surface area contributed by atoms with Gasteiger partial charge in [0, 0.05) is 5.41 Å². The van der Waals surface area contributed by atoms with Gasteiger partial charge in [-0.05, 0) is 121 Å². The first-order valence-electron chi connectivity index (χ1n) is 14.1. The fraction of sp³-hybridized carbons (Fsp3) is 0.324. The molecule has 10 heteroatoms. The van der Waals surface area contributed by atoms with Gasteiger partial charge in [-0.15, -0.1) is 0 Å². The lowest BCUT2D eigenvalue weighted by molar-refractivity contribution is -0.139. The summed E-state index contributed by atoms with van der Waals surface area (Å²) in [5.74, 6) is -0.0692. The molecule has 1 aliphatic carbocycles. The molecule has 3 aromatic rings. The number of alkyl halides is 3. The highest BCUT2D eigenvalue weighted by atomic mass is 32.2. The van der Waals surface area contributed by atoms with Gasteiger partial charge in [-0.3, -0.25) is 14.9 Å². The summed E-state index contributed by atoms with van der Waals surface area (Å²) >= 11 is 0.647. The number of fused-ring (bicyclic) bond motifs is 1. The number of thioether (sulfide) groups is 1. The van der Waals surface area contributed by atoms with Crippen molar-refractivity contribution >= 4 is 29.0 Å². The maximum atomic E-state index is 14.1. The first-order chi connectivity index (χ1) is 20.8. The van der Waals surface area contributed by atoms with Crippen molar-refractivity contribution in [3.05, 3.63) is 97.4 Å². The van der Waals surface area contributed by atoms with Crippen LogP contribution in [0.15, 0.2) is 47.4 Å². The number of nitriles is 1. The molecule has 0 saturated carbocycles. The minimum atomic E-state index is -4.68. The van der Waals surface area contributed by atoms with E-state index in [-0.39, 0.29) is 22.8 Å². The molecular formula is C34H31F3N2O4S. The van der Waals surface area contributed by atoms with Crippen LogP contribution in [0.1, 0.15) is 63.4 Å². The zero-order valence-corrected chi connectivity index (χ0v) is 25.6. The summed E-state index contributed by atoms with van der Waals surface area (Å²) in [6.45, 7) is 8.63. The van der Waals surface area contributed by atoms with Crippen LogP contribution in [0, 0.1) is 37.5 Å². The molecule has 0 bridgehead atoms. The Labute approximate surface area is 258 Å². The monoisotopic (exact) mass is 620 g/mol. The van der Waals surface area contributed by atoms with Gasteiger partial charge in [0.2, 0.25) is 0 Å². The van der Waals surface area contributed by atoms with Gasteiger partial charge in [0.05, 0.1) is 28.7 Å². The number of nitrogens with one attached hydrogen (secondary N) is 1. The van der Waals surface area contributed by atoms with Crippen LogP contribution in [0.2, 0.25) is 0 Å². The van der Waals surface area contributed by atoms with Crippen LogP contribution in [0.5, 0.6) is 11.5 Å². The number of imide groups is 1. The predicted octanol–water partition coefficient (Wildman–Crippen LogP) is 7.98. The minimum absolute atomic E-state index is 0.0361. The highest BCUT2D eigenvalue weighted by Crippen LogP contribution is 2.44. The fourth-order valence-corrected chi connectivity index (χ4v) is 6.45. The Kier molecular flexibility index (Phi) is 8.54. The molecule has 228 valence electrons. The number of benzene rings is 3. The molecule has 44 heavy (non-hydrogen) atoms. The zero-order valence-electron chi connectivity index (χ0n) is 24.8. The largest absolute Gasteiger partial charge is 0.492 e. The second kappa shape index (κ2) is 12.0. The molecule has 1 saturated heterocycles. The molecule has 1 fully saturated rings. The molecular weight excluding hydrogens is 589 g/mol. The van der Waals surface area contributed by atoms with Gasteiger partial charge in [-0.2, -0.15) is 18.4 Å². The Bertz CT molecular complexity index is 1720. The Morgan fingerprint density at radius 1 is 1.02 bits per heavy atom. The smallest absolute Gasteiger partial charge is 0.419 e. The number of hydrogen-bond acceptors (Lipinski definition) is 6. The second-order valence-electron chi connectivity index (χ2n) is 11.6. The molecule has 0 radical (unpaired) electrons. The average Bonchev–Trinajstić information content (AvgIpc) is 3.30. The highest BCUT2D eigenvalue weighted by Gasteiger charge is 2.37. The van der Waals surface area contributed by atoms with Gasteiger partial charge in [0.25, 0.3) is 11.1 Å². The van der Waals surface area contributed by atoms with E-state index >= 15 is 0 Å². The molecule has 2 amide bonds. The second-order valence-corrected chi connectivity index (χ2v) is 12.7. The van der Waals surface area contributed by atoms with Gasteiger partial charge in [-0.1, -0.05) is 25.1 Å². The van der Waals surface area contributed by atoms with Crippen LogP contribution in [0.4, 0.5) is 18.0 Å². The maximum absolute atomic E-state index is 14.1. The molecule has 1 heterocycles. The van der Waals surface area contributed by atoms with Gasteiger partial charge in [0.1, 0.15) is 18.1 Å². The van der Waals surface area contributed by atoms with E-state index in [1.165, 1.54) is 29.3 Å². The Morgan fingerprint density at radius 2 is 1.75 bits per heavy atom. The maximum Gasteiger partial charge on any atom is 0.419 e. The highest BCUT2D eigenvalue weighted by molar-refractivity contribution is 8.18. The summed E-state index contributed by atoms with van der Waals surface area (Å²) < 4.78 is 54.3. The van der Waals surface area contributed by atoms with Crippen molar-refractivity contribution in [3.8, 4) is 17.6 Å². The van der Waals surface area contributed by atoms with Gasteiger partial charge < -0.3 is 9.47 Å². The Morgan fingerprint density at radius 3 is 2.39 bits per heavy atom. The standard InChI is InChI=1S/C34H31F3N2O4S/c1-19-20(2)30(42-17-23-7-5-22(16-38)6-8-23)21(3)25-11-12-33(4,15-26(19)25)18-43-28-10-9-24(13-27(28)34(35,36)37)14-29-31(40)39-32(41)44-29/h5-10,13-14H,11-12,15,17-18H2,1-4H3,(H,39,40,41)/b29-14+. The number of carbonyl (C=O) groups is 2. The SMILES string of the molecule is Cc1c(C)c(OCc2ccc(C#N)cc2)c(C)c2c1CC(C)(COc1ccc(/C=C3/SC(=O)NC3=O)cc1C(F)(F)F)CC2. The minimum Gasteiger partial charge on any atom is -0.492 e. The molecule has 5 rings (SSSR count). The lowest BCUT2D eigenvalue weighted by Crippen LogP contribution is -2.33. The topological polar surface area (TPSA) is 88.4 Å². The molecule has 1 aliphatic heterocycles. The van der Waals surface area contributed by atoms with E-state index in [1.807, 2.05) is 26.0 Å². The number of amides is 2. The average molecular weight is 621 g/mol. The number of carbonyl (C=O) groups excluding carboxylic acids is 2. The van der Waals surface area contributed by atoms with E-state index in [1.54, 1.807) is 12.1 Å². The molecule has 1 N–H and O–H groups in total. The summed E-state index contributed by atoms with van der Waals surface area (Å²) in [6.07, 6.45) is -1.29. The molecule has 2 aliphatic rings. The van der Waals surface area contributed by atoms with E-state index in [0.717, 1.165) is 46.9 Å². The van der Waals surface area contributed by atoms with E-state index in [9.17, 15) is 22.8 Å². The van der Waals surface area contributed by atoms with Crippen molar-refractivity contribution < 1.29 is 32.2 Å². The normalized spacial score (nSPS) is 19.0. The third kappa shape index (κ3) is 6.48. The van der Waals surface area contributed by atoms with Crippen LogP contribution in [-0.2, 0) is 30.4 Å². The Hall–Kier alpha value is -4.23. The van der Waals surface area contributed by atoms with Gasteiger partial charge in [0.15, 0.2) is 0 Å². The van der Waals surface area contributed by atoms with E-state index in [2.05, 4.69) is 25.2 Å².